The Labute approximate surface area is 201 Å². The standard InChI is InChI=1S/C26H23N5O4/c32-26(30-12-4-9-21(30)19-10-11-23-24(16-19)35-15-14-34-23)22(17-20-8-5-13-33-20)31-25(27-28-29-31)18-6-2-1-3-7-18/h1-3,5-8,10-11,13,16-17,21H,4,9,12,14-15H2/b22-17+. The number of amides is 1. The lowest BCUT2D eigenvalue weighted by atomic mass is 10.0. The lowest BCUT2D eigenvalue weighted by Crippen LogP contribution is -2.33. The minimum Gasteiger partial charge on any atom is -0.486 e. The van der Waals surface area contributed by atoms with Crippen LogP contribution in [-0.2, 0) is 4.79 Å². The molecule has 0 radical (unpaired) electrons. The van der Waals surface area contributed by atoms with E-state index in [2.05, 4.69) is 15.5 Å². The molecule has 0 spiro atoms. The van der Waals surface area contributed by atoms with Crippen molar-refractivity contribution in [1.29, 1.82) is 0 Å². The fraction of sp³-hybridized carbons (Fsp3) is 0.231. The predicted octanol–water partition coefficient (Wildman–Crippen LogP) is 4.07. The molecule has 9 nitrogen and oxygen atoms in total. The number of carbonyl (C=O) groups excluding carboxylic acids is 1. The first-order valence-electron chi connectivity index (χ1n) is 11.6. The van der Waals surface area contributed by atoms with Gasteiger partial charge in [0.1, 0.15) is 24.7 Å². The Kier molecular flexibility index (Phi) is 5.50. The van der Waals surface area contributed by atoms with E-state index < -0.39 is 0 Å². The summed E-state index contributed by atoms with van der Waals surface area (Å²) in [4.78, 5) is 15.9. The molecular formula is C26H23N5O4. The summed E-state index contributed by atoms with van der Waals surface area (Å²) in [6, 6.07) is 18.9. The molecule has 9 heteroatoms. The van der Waals surface area contributed by atoms with Crippen LogP contribution in [-0.4, -0.2) is 50.8 Å². The largest absolute Gasteiger partial charge is 0.486 e. The van der Waals surface area contributed by atoms with Crippen LogP contribution in [0.15, 0.2) is 71.3 Å². The molecule has 1 atom stereocenters. The van der Waals surface area contributed by atoms with Gasteiger partial charge >= 0.3 is 0 Å². The van der Waals surface area contributed by atoms with Crippen LogP contribution in [0, 0.1) is 0 Å². The molecule has 6 rings (SSSR count). The van der Waals surface area contributed by atoms with Gasteiger partial charge in [0.05, 0.1) is 12.3 Å². The zero-order chi connectivity index (χ0) is 23.6. The number of tetrazole rings is 1. The van der Waals surface area contributed by atoms with E-state index in [0.29, 0.717) is 42.8 Å². The zero-order valence-corrected chi connectivity index (χ0v) is 18.9. The Balaban J connectivity index is 1.39. The molecule has 4 aromatic rings. The third kappa shape index (κ3) is 4.05. The van der Waals surface area contributed by atoms with Gasteiger partial charge in [0.25, 0.3) is 5.91 Å². The fourth-order valence-electron chi connectivity index (χ4n) is 4.61. The Morgan fingerprint density at radius 3 is 2.69 bits per heavy atom. The van der Waals surface area contributed by atoms with Gasteiger partial charge in [0.2, 0.25) is 0 Å². The molecule has 0 bridgehead atoms. The summed E-state index contributed by atoms with van der Waals surface area (Å²) < 4.78 is 18.5. The van der Waals surface area contributed by atoms with Crippen LogP contribution in [0.25, 0.3) is 23.2 Å². The summed E-state index contributed by atoms with van der Waals surface area (Å²) >= 11 is 0. The highest BCUT2D eigenvalue weighted by Crippen LogP contribution is 2.39. The van der Waals surface area contributed by atoms with E-state index in [1.807, 2.05) is 53.4 Å². The first-order valence-corrected chi connectivity index (χ1v) is 11.6. The lowest BCUT2D eigenvalue weighted by molar-refractivity contribution is -0.126. The van der Waals surface area contributed by atoms with E-state index in [-0.39, 0.29) is 11.9 Å². The molecule has 1 saturated heterocycles. The quantitative estimate of drug-likeness (QED) is 0.407. The molecule has 0 N–H and O–H groups in total. The van der Waals surface area contributed by atoms with E-state index in [4.69, 9.17) is 13.9 Å². The highest BCUT2D eigenvalue weighted by Gasteiger charge is 2.34. The van der Waals surface area contributed by atoms with E-state index >= 15 is 0 Å². The van der Waals surface area contributed by atoms with Gasteiger partial charge in [0, 0.05) is 18.2 Å². The Bertz CT molecular complexity index is 1360. The van der Waals surface area contributed by atoms with Gasteiger partial charge in [-0.3, -0.25) is 4.79 Å². The maximum atomic E-state index is 14.1. The maximum absolute atomic E-state index is 14.1. The van der Waals surface area contributed by atoms with Crippen LogP contribution < -0.4 is 9.47 Å². The van der Waals surface area contributed by atoms with Crippen molar-refractivity contribution in [2.45, 2.75) is 18.9 Å². The number of aromatic nitrogens is 4. The Hall–Kier alpha value is -4.40. The number of rotatable bonds is 5. The molecule has 1 fully saturated rings. The number of carbonyl (C=O) groups is 1. The van der Waals surface area contributed by atoms with Gasteiger partial charge in [-0.05, 0) is 53.1 Å². The third-order valence-electron chi connectivity index (χ3n) is 6.24. The second-order valence-electron chi connectivity index (χ2n) is 8.38. The summed E-state index contributed by atoms with van der Waals surface area (Å²) in [6.45, 7) is 1.68. The minimum atomic E-state index is -0.178. The zero-order valence-electron chi connectivity index (χ0n) is 18.9. The summed E-state index contributed by atoms with van der Waals surface area (Å²) in [6.07, 6.45) is 4.99. The van der Waals surface area contributed by atoms with Crippen molar-refractivity contribution in [2.24, 2.45) is 0 Å². The Morgan fingerprint density at radius 1 is 1.00 bits per heavy atom. The molecule has 1 amide bonds. The average molecular weight is 470 g/mol. The monoisotopic (exact) mass is 469 g/mol. The van der Waals surface area contributed by atoms with Crippen LogP contribution in [0.5, 0.6) is 11.5 Å². The molecule has 2 aliphatic heterocycles. The summed E-state index contributed by atoms with van der Waals surface area (Å²) in [7, 11) is 0. The van der Waals surface area contributed by atoms with Gasteiger partial charge in [-0.1, -0.05) is 36.4 Å². The van der Waals surface area contributed by atoms with Crippen LogP contribution >= 0.6 is 0 Å². The molecule has 2 aromatic heterocycles. The second kappa shape index (κ2) is 9.09. The van der Waals surface area contributed by atoms with Gasteiger partial charge in [-0.15, -0.1) is 5.10 Å². The number of ether oxygens (including phenoxy) is 2. The van der Waals surface area contributed by atoms with Crippen molar-refractivity contribution in [3.8, 4) is 22.9 Å². The number of furan rings is 1. The smallest absolute Gasteiger partial charge is 0.273 e. The van der Waals surface area contributed by atoms with E-state index in [1.165, 1.54) is 4.68 Å². The number of nitrogens with zero attached hydrogens (tertiary/aromatic N) is 5. The molecule has 2 aromatic carbocycles. The van der Waals surface area contributed by atoms with E-state index in [1.54, 1.807) is 24.5 Å². The van der Waals surface area contributed by atoms with Gasteiger partial charge in [0.15, 0.2) is 17.3 Å². The van der Waals surface area contributed by atoms with Crippen LogP contribution in [0.1, 0.15) is 30.2 Å². The van der Waals surface area contributed by atoms with Crippen LogP contribution in [0.4, 0.5) is 0 Å². The summed E-state index contributed by atoms with van der Waals surface area (Å²) in [5.74, 6) is 2.29. The average Bonchev–Trinajstić information content (AvgIpc) is 3.69. The van der Waals surface area contributed by atoms with E-state index in [9.17, 15) is 4.79 Å². The molecule has 0 saturated carbocycles. The molecule has 1 unspecified atom stereocenters. The molecule has 176 valence electrons. The maximum Gasteiger partial charge on any atom is 0.273 e. The molecule has 2 aliphatic rings. The second-order valence-corrected chi connectivity index (χ2v) is 8.38. The van der Waals surface area contributed by atoms with Crippen molar-refractivity contribution in [2.75, 3.05) is 19.8 Å². The number of hydrogen-bond donors (Lipinski definition) is 0. The van der Waals surface area contributed by atoms with Gasteiger partial charge in [-0.2, -0.15) is 4.68 Å². The topological polar surface area (TPSA) is 95.5 Å². The van der Waals surface area contributed by atoms with Crippen molar-refractivity contribution < 1.29 is 18.7 Å². The summed E-state index contributed by atoms with van der Waals surface area (Å²) in [5, 5.41) is 12.3. The van der Waals surface area contributed by atoms with E-state index in [0.717, 1.165) is 29.7 Å². The minimum absolute atomic E-state index is 0.102. The first-order chi connectivity index (χ1) is 17.3. The van der Waals surface area contributed by atoms with Crippen molar-refractivity contribution in [3.05, 3.63) is 78.3 Å². The van der Waals surface area contributed by atoms with Crippen molar-refractivity contribution in [3.63, 3.8) is 0 Å². The lowest BCUT2D eigenvalue weighted by Gasteiger charge is -2.27. The Morgan fingerprint density at radius 2 is 1.86 bits per heavy atom. The highest BCUT2D eigenvalue weighted by molar-refractivity contribution is 6.18. The highest BCUT2D eigenvalue weighted by atomic mass is 16.6. The number of likely N-dealkylation sites (tertiary alicyclic amines) is 1. The molecule has 0 aliphatic carbocycles. The molecule has 4 heterocycles. The fourth-order valence-corrected chi connectivity index (χ4v) is 4.61. The summed E-state index contributed by atoms with van der Waals surface area (Å²) in [5.41, 5.74) is 2.13. The van der Waals surface area contributed by atoms with Crippen molar-refractivity contribution >= 4 is 17.7 Å². The first kappa shape index (κ1) is 21.2. The predicted molar refractivity (Wildman–Crippen MR) is 127 cm³/mol. The third-order valence-corrected chi connectivity index (χ3v) is 6.24. The SMILES string of the molecule is O=C(/C(=C\c1ccco1)n1nnnc1-c1ccccc1)N1CCCC1c1ccc2c(c1)OCCO2. The number of benzene rings is 2. The van der Waals surface area contributed by atoms with Gasteiger partial charge in [-0.25, -0.2) is 0 Å². The molecular weight excluding hydrogens is 446 g/mol. The normalized spacial score (nSPS) is 17.5. The van der Waals surface area contributed by atoms with Crippen LogP contribution in [0.3, 0.4) is 0 Å². The molecule has 35 heavy (non-hydrogen) atoms. The number of hydrogen-bond acceptors (Lipinski definition) is 7. The van der Waals surface area contributed by atoms with Crippen LogP contribution in [0.2, 0.25) is 0 Å². The van der Waals surface area contributed by atoms with Crippen molar-refractivity contribution in [1.82, 2.24) is 25.1 Å². The van der Waals surface area contributed by atoms with Gasteiger partial charge < -0.3 is 18.8 Å². The number of fused-ring (bicyclic) bond motifs is 1.